The van der Waals surface area contributed by atoms with Crippen LogP contribution in [0.25, 0.3) is 0 Å². The molecule has 16 heavy (non-hydrogen) atoms. The van der Waals surface area contributed by atoms with Gasteiger partial charge in [0.2, 0.25) is 5.91 Å². The van der Waals surface area contributed by atoms with Crippen LogP contribution in [0.4, 0.5) is 10.1 Å². The van der Waals surface area contributed by atoms with Crippen LogP contribution in [-0.4, -0.2) is 13.0 Å². The van der Waals surface area contributed by atoms with Crippen molar-refractivity contribution in [3.8, 4) is 6.07 Å². The Bertz CT molecular complexity index is 442. The summed E-state index contributed by atoms with van der Waals surface area (Å²) in [6, 6.07) is 5.44. The van der Waals surface area contributed by atoms with Gasteiger partial charge < -0.3 is 5.73 Å². The predicted octanol–water partition coefficient (Wildman–Crippen LogP) is -0.326. The Hall–Kier alpha value is -1.97. The molecule has 0 saturated carbocycles. The maximum atomic E-state index is 13.0. The van der Waals surface area contributed by atoms with Gasteiger partial charge in [-0.1, -0.05) is 0 Å². The van der Waals surface area contributed by atoms with Crippen molar-refractivity contribution in [1.82, 2.24) is 0 Å². The van der Waals surface area contributed by atoms with Crippen molar-refractivity contribution in [2.24, 2.45) is 5.73 Å². The summed E-state index contributed by atoms with van der Waals surface area (Å²) in [6.07, 6.45) is 0. The molecule has 1 amide bonds. The van der Waals surface area contributed by atoms with Gasteiger partial charge in [0.25, 0.3) is 0 Å². The van der Waals surface area contributed by atoms with E-state index in [4.69, 9.17) is 15.8 Å². The average Bonchev–Trinajstić information content (AvgIpc) is 2.22. The molecule has 0 fully saturated rings. The molecule has 0 bridgehead atoms. The maximum absolute atomic E-state index is 13.0. The molecule has 6 heteroatoms. The third-order valence-corrected chi connectivity index (χ3v) is 2.02. The minimum atomic E-state index is -1.11. The largest absolute Gasteiger partial charge is 0.368 e. The van der Waals surface area contributed by atoms with E-state index in [1.165, 1.54) is 24.7 Å². The van der Waals surface area contributed by atoms with Crippen molar-refractivity contribution in [2.45, 2.75) is 5.92 Å². The molecule has 0 radical (unpaired) electrons. The average molecular weight is 224 g/mol. The fourth-order valence-electron chi connectivity index (χ4n) is 1.32. The van der Waals surface area contributed by atoms with Gasteiger partial charge in [0.15, 0.2) is 11.6 Å². The maximum Gasteiger partial charge on any atom is 0.239 e. The van der Waals surface area contributed by atoms with E-state index in [-0.39, 0.29) is 0 Å². The first-order chi connectivity index (χ1) is 7.60. The zero-order valence-corrected chi connectivity index (χ0v) is 8.61. The molecule has 0 aliphatic carbocycles. The number of hydrogen-bond acceptors (Lipinski definition) is 3. The molecule has 1 atom stereocenters. The standard InChI is InChI=1S/C10H10FN3O2/c1-16-14-9-4-6(11)2-3-7(9)8(5-12)10(13)15/h2-4,8,14H,1H3,(H2,13,15)/p+1. The van der Waals surface area contributed by atoms with Gasteiger partial charge in [-0.05, 0) is 12.1 Å². The van der Waals surface area contributed by atoms with Crippen LogP contribution in [0.15, 0.2) is 18.2 Å². The Morgan fingerprint density at radius 2 is 2.38 bits per heavy atom. The number of benzene rings is 1. The van der Waals surface area contributed by atoms with Crippen LogP contribution in [0.2, 0.25) is 0 Å². The van der Waals surface area contributed by atoms with Crippen LogP contribution in [0, 0.1) is 17.1 Å². The SMILES string of the molecule is CO[NH2+]c1cc(F)ccc1C(C#N)C(N)=O. The number of quaternary nitrogens is 1. The summed E-state index contributed by atoms with van der Waals surface area (Å²) in [5, 5.41) is 8.81. The Balaban J connectivity index is 3.21. The van der Waals surface area contributed by atoms with Crippen LogP contribution in [0.1, 0.15) is 11.5 Å². The first-order valence-corrected chi connectivity index (χ1v) is 4.44. The molecule has 84 valence electrons. The molecular formula is C10H11FN3O2+. The monoisotopic (exact) mass is 224 g/mol. The zero-order valence-electron chi connectivity index (χ0n) is 8.61. The molecule has 4 N–H and O–H groups in total. The van der Waals surface area contributed by atoms with E-state index in [1.807, 2.05) is 0 Å². The predicted molar refractivity (Wildman–Crippen MR) is 52.5 cm³/mol. The van der Waals surface area contributed by atoms with E-state index < -0.39 is 17.6 Å². The second-order valence-corrected chi connectivity index (χ2v) is 3.09. The van der Waals surface area contributed by atoms with Crippen molar-refractivity contribution in [3.05, 3.63) is 29.6 Å². The Morgan fingerprint density at radius 3 is 2.88 bits per heavy atom. The minimum Gasteiger partial charge on any atom is -0.368 e. The highest BCUT2D eigenvalue weighted by molar-refractivity contribution is 5.86. The highest BCUT2D eigenvalue weighted by atomic mass is 19.1. The lowest BCUT2D eigenvalue weighted by Gasteiger charge is -2.08. The first kappa shape index (κ1) is 12.1. The molecular weight excluding hydrogens is 213 g/mol. The molecule has 0 spiro atoms. The molecule has 1 rings (SSSR count). The lowest BCUT2D eigenvalue weighted by atomic mass is 9.98. The van der Waals surface area contributed by atoms with Gasteiger partial charge in [0.1, 0.15) is 5.82 Å². The van der Waals surface area contributed by atoms with Crippen LogP contribution >= 0.6 is 0 Å². The Labute approximate surface area is 91.6 Å². The normalized spacial score (nSPS) is 11.8. The highest BCUT2D eigenvalue weighted by Crippen LogP contribution is 2.21. The number of amides is 1. The summed E-state index contributed by atoms with van der Waals surface area (Å²) in [6.45, 7) is 0. The minimum absolute atomic E-state index is 0.327. The molecule has 0 aliphatic heterocycles. The van der Waals surface area contributed by atoms with Crippen LogP contribution in [0.5, 0.6) is 0 Å². The van der Waals surface area contributed by atoms with Crippen LogP contribution < -0.4 is 11.2 Å². The van der Waals surface area contributed by atoms with Gasteiger partial charge in [0.05, 0.1) is 13.2 Å². The number of carbonyl (C=O) groups is 1. The molecule has 1 aromatic carbocycles. The van der Waals surface area contributed by atoms with Crippen molar-refractivity contribution in [2.75, 3.05) is 7.11 Å². The highest BCUT2D eigenvalue weighted by Gasteiger charge is 2.23. The molecule has 0 aromatic heterocycles. The smallest absolute Gasteiger partial charge is 0.239 e. The molecule has 0 saturated heterocycles. The third-order valence-electron chi connectivity index (χ3n) is 2.02. The van der Waals surface area contributed by atoms with E-state index in [9.17, 15) is 9.18 Å². The number of nitrogens with two attached hydrogens (primary N) is 2. The zero-order chi connectivity index (χ0) is 12.1. The molecule has 5 nitrogen and oxygen atoms in total. The van der Waals surface area contributed by atoms with Crippen molar-refractivity contribution in [1.29, 1.82) is 5.26 Å². The fraction of sp³-hybridized carbons (Fsp3) is 0.200. The lowest BCUT2D eigenvalue weighted by molar-refractivity contribution is -0.830. The third kappa shape index (κ3) is 2.53. The quantitative estimate of drug-likeness (QED) is 0.542. The first-order valence-electron chi connectivity index (χ1n) is 4.44. The van der Waals surface area contributed by atoms with Gasteiger partial charge in [-0.25, -0.2) is 9.23 Å². The number of carbonyl (C=O) groups excluding carboxylic acids is 1. The van der Waals surface area contributed by atoms with Crippen LogP contribution in [-0.2, 0) is 9.63 Å². The van der Waals surface area contributed by atoms with Crippen LogP contribution in [0.3, 0.4) is 0 Å². The van der Waals surface area contributed by atoms with Crippen molar-refractivity contribution in [3.63, 3.8) is 0 Å². The van der Waals surface area contributed by atoms with Gasteiger partial charge >= 0.3 is 0 Å². The molecule has 1 aromatic rings. The summed E-state index contributed by atoms with van der Waals surface area (Å²) < 4.78 is 13.0. The van der Waals surface area contributed by atoms with Gasteiger partial charge in [-0.2, -0.15) is 10.7 Å². The summed E-state index contributed by atoms with van der Waals surface area (Å²) in [5.41, 5.74) is 6.99. The Kier molecular flexibility index (Phi) is 3.94. The van der Waals surface area contributed by atoms with E-state index in [0.29, 0.717) is 11.3 Å². The summed E-state index contributed by atoms with van der Waals surface area (Å²) in [5.74, 6) is -2.37. The topological polar surface area (TPSA) is 92.7 Å². The lowest BCUT2D eigenvalue weighted by Crippen LogP contribution is -2.76. The Morgan fingerprint density at radius 1 is 1.69 bits per heavy atom. The van der Waals surface area contributed by atoms with E-state index in [2.05, 4.69) is 0 Å². The molecule has 1 unspecified atom stereocenters. The number of primary amides is 1. The summed E-state index contributed by atoms with van der Waals surface area (Å²) in [4.78, 5) is 15.8. The second-order valence-electron chi connectivity index (χ2n) is 3.09. The summed E-state index contributed by atoms with van der Waals surface area (Å²) >= 11 is 0. The number of halogens is 1. The number of nitrogens with zero attached hydrogens (tertiary/aromatic N) is 1. The summed E-state index contributed by atoms with van der Waals surface area (Å²) in [7, 11) is 1.39. The van der Waals surface area contributed by atoms with Crippen molar-refractivity contribution >= 4 is 11.6 Å². The number of rotatable bonds is 4. The fourth-order valence-corrected chi connectivity index (χ4v) is 1.32. The van der Waals surface area contributed by atoms with E-state index >= 15 is 0 Å². The number of hydrogen-bond donors (Lipinski definition) is 2. The van der Waals surface area contributed by atoms with E-state index in [0.717, 1.165) is 6.07 Å². The van der Waals surface area contributed by atoms with Gasteiger partial charge in [-0.3, -0.25) is 4.79 Å². The molecule has 0 heterocycles. The van der Waals surface area contributed by atoms with Crippen molar-refractivity contribution < 1.29 is 19.5 Å². The van der Waals surface area contributed by atoms with Gasteiger partial charge in [-0.15, -0.1) is 0 Å². The van der Waals surface area contributed by atoms with Gasteiger partial charge in [0, 0.05) is 11.6 Å². The second kappa shape index (κ2) is 5.21. The number of nitriles is 1. The molecule has 0 aliphatic rings. The van der Waals surface area contributed by atoms with E-state index in [1.54, 1.807) is 6.07 Å².